The maximum atomic E-state index is 2.15. The molecule has 2 atom stereocenters. The first-order valence-electron chi connectivity index (χ1n) is 3.43. The van der Waals surface area contributed by atoms with Gasteiger partial charge >= 0.3 is 0 Å². The predicted octanol–water partition coefficient (Wildman–Crippen LogP) is 2.60. The van der Waals surface area contributed by atoms with Gasteiger partial charge in [-0.3, -0.25) is 0 Å². The van der Waals surface area contributed by atoms with Crippen molar-refractivity contribution in [3.8, 4) is 0 Å². The van der Waals surface area contributed by atoms with Gasteiger partial charge in [0.05, 0.1) is 0 Å². The maximum Gasteiger partial charge on any atom is 0.0340 e. The molecule has 0 bridgehead atoms. The Morgan fingerprint density at radius 2 is 1.90 bits per heavy atom. The first-order valence-corrected chi connectivity index (χ1v) is 8.01. The van der Waals surface area contributed by atoms with Gasteiger partial charge in [-0.05, 0) is 0 Å². The van der Waals surface area contributed by atoms with E-state index in [4.69, 9.17) is 0 Å². The van der Waals surface area contributed by atoms with Crippen molar-refractivity contribution in [3.63, 3.8) is 0 Å². The van der Waals surface area contributed by atoms with Crippen LogP contribution < -0.4 is 0 Å². The summed E-state index contributed by atoms with van der Waals surface area (Å²) < 4.78 is 0. The number of thioether (sulfide) groups is 2. The van der Waals surface area contributed by atoms with Gasteiger partial charge in [-0.2, -0.15) is 23.5 Å². The molecule has 0 aromatic rings. The molecule has 0 radical (unpaired) electrons. The zero-order valence-corrected chi connectivity index (χ0v) is 8.88. The van der Waals surface area contributed by atoms with Crippen LogP contribution in [0.5, 0.6) is 0 Å². The van der Waals surface area contributed by atoms with Crippen LogP contribution in [0.15, 0.2) is 0 Å². The lowest BCUT2D eigenvalue weighted by Crippen LogP contribution is -2.15. The lowest BCUT2D eigenvalue weighted by atomic mass is 10.5. The molecule has 0 nitrogen and oxygen atoms in total. The average molecular weight is 210 g/mol. The van der Waals surface area contributed by atoms with Crippen molar-refractivity contribution >= 4 is 45.1 Å². The van der Waals surface area contributed by atoms with Gasteiger partial charge in [0.1, 0.15) is 0 Å². The van der Waals surface area contributed by atoms with Crippen LogP contribution in [-0.2, 0) is 0 Å². The Balaban J connectivity index is 1.46. The molecular weight excluding hydrogens is 200 g/mol. The van der Waals surface area contributed by atoms with Crippen LogP contribution in [0.1, 0.15) is 0 Å². The molecule has 0 N–H and O–H groups in total. The van der Waals surface area contributed by atoms with E-state index in [0.717, 1.165) is 10.5 Å². The Morgan fingerprint density at radius 1 is 1.20 bits per heavy atom. The lowest BCUT2D eigenvalue weighted by molar-refractivity contribution is 1.14. The molecule has 0 spiro atoms. The molecule has 2 rings (SSSR count). The van der Waals surface area contributed by atoms with Gasteiger partial charge in [0.15, 0.2) is 0 Å². The molecule has 2 heterocycles. The second kappa shape index (κ2) is 3.87. The molecule has 2 aliphatic rings. The van der Waals surface area contributed by atoms with Crippen LogP contribution in [-0.4, -0.2) is 33.5 Å². The van der Waals surface area contributed by atoms with Gasteiger partial charge < -0.3 is 0 Å². The summed E-state index contributed by atoms with van der Waals surface area (Å²) in [6, 6.07) is 0. The van der Waals surface area contributed by atoms with Gasteiger partial charge in [0, 0.05) is 33.5 Å². The van der Waals surface area contributed by atoms with Crippen LogP contribution >= 0.6 is 45.1 Å². The topological polar surface area (TPSA) is 0 Å². The van der Waals surface area contributed by atoms with E-state index in [-0.39, 0.29) is 0 Å². The highest BCUT2D eigenvalue weighted by Crippen LogP contribution is 2.42. The van der Waals surface area contributed by atoms with Gasteiger partial charge in [-0.25, -0.2) is 0 Å². The standard InChI is InChI=1S/C6H10S4/c1(5-3-8-5)7-2-6-4-9-10-6/h5-6H,1-4H2. The fourth-order valence-corrected chi connectivity index (χ4v) is 5.30. The normalized spacial score (nSPS) is 37.2. The summed E-state index contributed by atoms with van der Waals surface area (Å²) in [5.74, 6) is 5.64. The molecule has 4 heteroatoms. The Kier molecular flexibility index (Phi) is 3.11. The summed E-state index contributed by atoms with van der Waals surface area (Å²) in [5.41, 5.74) is 0. The minimum atomic E-state index is 0.985. The second-order valence-corrected chi connectivity index (χ2v) is 7.62. The van der Waals surface area contributed by atoms with E-state index >= 15 is 0 Å². The Morgan fingerprint density at radius 3 is 2.40 bits per heavy atom. The van der Waals surface area contributed by atoms with Crippen LogP contribution in [0.4, 0.5) is 0 Å². The van der Waals surface area contributed by atoms with Crippen LogP contribution in [0, 0.1) is 0 Å². The zero-order valence-electron chi connectivity index (χ0n) is 5.62. The Bertz CT molecular complexity index is 108. The van der Waals surface area contributed by atoms with Gasteiger partial charge in [-0.1, -0.05) is 21.6 Å². The third-order valence-corrected chi connectivity index (χ3v) is 7.26. The largest absolute Gasteiger partial charge is 0.160 e. The fourth-order valence-electron chi connectivity index (χ4n) is 0.735. The highest BCUT2D eigenvalue weighted by molar-refractivity contribution is 8.79. The van der Waals surface area contributed by atoms with E-state index < -0.39 is 0 Å². The van der Waals surface area contributed by atoms with E-state index in [1.807, 2.05) is 10.8 Å². The van der Waals surface area contributed by atoms with Crippen LogP contribution in [0.3, 0.4) is 0 Å². The Hall–Kier alpha value is 1.40. The summed E-state index contributed by atoms with van der Waals surface area (Å²) in [6.07, 6.45) is 0. The van der Waals surface area contributed by atoms with E-state index in [0.29, 0.717) is 0 Å². The van der Waals surface area contributed by atoms with Gasteiger partial charge in [0.25, 0.3) is 0 Å². The van der Waals surface area contributed by atoms with Crippen molar-refractivity contribution in [3.05, 3.63) is 0 Å². The molecule has 10 heavy (non-hydrogen) atoms. The number of hydrogen-bond acceptors (Lipinski definition) is 4. The third kappa shape index (κ3) is 2.47. The minimum absolute atomic E-state index is 0.985. The predicted molar refractivity (Wildman–Crippen MR) is 57.4 cm³/mol. The zero-order chi connectivity index (χ0) is 6.81. The summed E-state index contributed by atoms with van der Waals surface area (Å²) in [5, 5.41) is 2.02. The van der Waals surface area contributed by atoms with Gasteiger partial charge in [0.2, 0.25) is 0 Å². The second-order valence-electron chi connectivity index (χ2n) is 2.50. The van der Waals surface area contributed by atoms with Crippen LogP contribution in [0.2, 0.25) is 0 Å². The van der Waals surface area contributed by atoms with Crippen molar-refractivity contribution in [2.24, 2.45) is 0 Å². The summed E-state index contributed by atoms with van der Waals surface area (Å²) in [4.78, 5) is 0. The number of rotatable bonds is 4. The van der Waals surface area contributed by atoms with Crippen molar-refractivity contribution in [1.29, 1.82) is 0 Å². The number of hydrogen-bond donors (Lipinski definition) is 0. The van der Waals surface area contributed by atoms with E-state index in [1.165, 1.54) is 23.0 Å². The molecular formula is C6H10S4. The van der Waals surface area contributed by atoms with Crippen molar-refractivity contribution in [2.75, 3.05) is 23.0 Å². The van der Waals surface area contributed by atoms with Crippen LogP contribution in [0.25, 0.3) is 0 Å². The van der Waals surface area contributed by atoms with E-state index in [2.05, 4.69) is 34.3 Å². The first kappa shape index (κ1) is 8.02. The SMILES string of the molecule is C(SCC1CSS1)C1CS1. The summed E-state index contributed by atoms with van der Waals surface area (Å²) in [6.45, 7) is 0. The molecule has 2 unspecified atom stereocenters. The smallest absolute Gasteiger partial charge is 0.0340 e. The molecule has 0 amide bonds. The van der Waals surface area contributed by atoms with E-state index in [9.17, 15) is 0 Å². The Labute approximate surface area is 78.4 Å². The maximum absolute atomic E-state index is 2.15. The minimum Gasteiger partial charge on any atom is -0.160 e. The highest BCUT2D eigenvalue weighted by atomic mass is 33.1. The third-order valence-electron chi connectivity index (χ3n) is 1.47. The monoisotopic (exact) mass is 210 g/mol. The summed E-state index contributed by atoms with van der Waals surface area (Å²) in [7, 11) is 4.08. The van der Waals surface area contributed by atoms with E-state index in [1.54, 1.807) is 0 Å². The van der Waals surface area contributed by atoms with Crippen molar-refractivity contribution in [2.45, 2.75) is 10.5 Å². The molecule has 0 aromatic carbocycles. The van der Waals surface area contributed by atoms with Gasteiger partial charge in [-0.15, -0.1) is 0 Å². The quantitative estimate of drug-likeness (QED) is 0.516. The molecule has 58 valence electrons. The highest BCUT2D eigenvalue weighted by Gasteiger charge is 2.24. The average Bonchev–Trinajstić information content (AvgIpc) is 2.58. The van der Waals surface area contributed by atoms with Crippen molar-refractivity contribution in [1.82, 2.24) is 0 Å². The molecule has 2 fully saturated rings. The molecule has 0 aliphatic carbocycles. The molecule has 0 saturated carbocycles. The summed E-state index contributed by atoms with van der Waals surface area (Å²) >= 11 is 4.27. The fraction of sp³-hybridized carbons (Fsp3) is 1.00. The molecule has 2 saturated heterocycles. The molecule has 0 aromatic heterocycles. The molecule has 2 aliphatic heterocycles. The first-order chi connectivity index (χ1) is 4.95. The van der Waals surface area contributed by atoms with Crippen molar-refractivity contribution < 1.29 is 0 Å². The lowest BCUT2D eigenvalue weighted by Gasteiger charge is -2.22.